The summed E-state index contributed by atoms with van der Waals surface area (Å²) >= 11 is 8.92. The fraction of sp³-hybridized carbons (Fsp3) is 0.0851. The van der Waals surface area contributed by atoms with Gasteiger partial charge >= 0.3 is 115 Å². The molecule has 6 aromatic carbocycles. The fourth-order valence-electron chi connectivity index (χ4n) is 6.44. The van der Waals surface area contributed by atoms with Crippen LogP contribution in [0.25, 0.3) is 44.6 Å². The van der Waals surface area contributed by atoms with Crippen LogP contribution in [0.2, 0.25) is 0 Å². The number of hydrogen-bond donors (Lipinski definition) is 1. The molecule has 0 atom stereocenters. The maximum Gasteiger partial charge on any atom is 1.00 e. The number of carbonyl (C=O) groups excluding carboxylic acids is 3. The average molecular weight is 1300 g/mol. The number of furan rings is 2. The Morgan fingerprint density at radius 3 is 1.48 bits per heavy atom. The molecule has 1 N–H and O–H groups in total. The van der Waals surface area contributed by atoms with E-state index in [1.54, 1.807) is 48.5 Å². The zero-order chi connectivity index (χ0) is 50.6. The van der Waals surface area contributed by atoms with Crippen molar-refractivity contribution in [2.75, 3.05) is 35.2 Å². The molecule has 0 amide bonds. The summed E-state index contributed by atoms with van der Waals surface area (Å²) in [4.78, 5) is 38.5. The van der Waals surface area contributed by atoms with Gasteiger partial charge in [0, 0.05) is 50.0 Å². The second-order valence-electron chi connectivity index (χ2n) is 13.6. The molecule has 8 rings (SSSR count). The van der Waals surface area contributed by atoms with Gasteiger partial charge in [-0.3, -0.25) is 13.8 Å². The van der Waals surface area contributed by atoms with Gasteiger partial charge in [0.25, 0.3) is 26.5 Å². The molecule has 2 aromatic heterocycles. The monoisotopic (exact) mass is 1300 g/mol. The average Bonchev–Trinajstić information content (AvgIpc) is 3.92. The Bertz CT molecular complexity index is 3350. The van der Waals surface area contributed by atoms with E-state index in [9.17, 15) is 35.2 Å². The van der Waals surface area contributed by atoms with Gasteiger partial charge < -0.3 is 29.9 Å². The first-order valence-electron chi connectivity index (χ1n) is 19.4. The number of rotatable bonds is 11. The van der Waals surface area contributed by atoms with Crippen LogP contribution in [-0.4, -0.2) is 61.4 Å². The van der Waals surface area contributed by atoms with E-state index < -0.39 is 43.6 Å². The van der Waals surface area contributed by atoms with Gasteiger partial charge in [-0.05, 0) is 122 Å². The Hall–Kier alpha value is -2.91. The van der Waals surface area contributed by atoms with Crippen LogP contribution in [0.1, 0.15) is 22.1 Å². The van der Waals surface area contributed by atoms with Gasteiger partial charge in [0.2, 0.25) is 0 Å². The van der Waals surface area contributed by atoms with E-state index in [1.165, 1.54) is 106 Å². The van der Waals surface area contributed by atoms with Crippen molar-refractivity contribution >= 4 is 126 Å². The molecule has 8 aromatic rings. The number of carbonyl (C=O) groups is 3. The van der Waals surface area contributed by atoms with Crippen molar-refractivity contribution < 1.29 is 173 Å². The smallest absolute Gasteiger partial charge is 1.00 e. The number of ether oxygens (including phenoxy) is 2. The van der Waals surface area contributed by atoms with Crippen molar-refractivity contribution in [3.8, 4) is 22.6 Å². The van der Waals surface area contributed by atoms with Crippen LogP contribution in [0.15, 0.2) is 161 Å². The topological polar surface area (TPSA) is 212 Å². The first-order chi connectivity index (χ1) is 32.9. The minimum absolute atomic E-state index is 0. The van der Waals surface area contributed by atoms with E-state index >= 15 is 0 Å². The van der Waals surface area contributed by atoms with E-state index in [4.69, 9.17) is 28.4 Å². The number of hydrogen-bond acceptors (Lipinski definition) is 13. The Morgan fingerprint density at radius 1 is 0.676 bits per heavy atom. The summed E-state index contributed by atoms with van der Waals surface area (Å²) in [6.45, 7) is -0.181. The molecule has 0 saturated heterocycles. The van der Waals surface area contributed by atoms with Crippen molar-refractivity contribution in [2.45, 2.75) is 9.79 Å². The summed E-state index contributed by atoms with van der Waals surface area (Å²) in [5.74, 6) is -1.74. The fourth-order valence-corrected chi connectivity index (χ4v) is 10.1. The van der Waals surface area contributed by atoms with E-state index in [0.29, 0.717) is 36.5 Å². The predicted octanol–water partition coefficient (Wildman–Crippen LogP) is 4.81. The molecule has 71 heavy (non-hydrogen) atoms. The molecule has 0 unspecified atom stereocenters. The number of nitrogens with zero attached hydrogens (tertiary/aromatic N) is 1. The number of alkyl halides is 1. The van der Waals surface area contributed by atoms with E-state index in [-0.39, 0.29) is 160 Å². The molecular formula is C47H37Br2F2IK2N2O13S2. The first-order valence-corrected chi connectivity index (χ1v) is 26.0. The third-order valence-corrected chi connectivity index (χ3v) is 14.1. The van der Waals surface area contributed by atoms with Crippen LogP contribution in [-0.2, 0) is 39.2 Å². The maximum atomic E-state index is 13.4. The van der Waals surface area contributed by atoms with E-state index in [2.05, 4.69) is 64.1 Å². The molecule has 362 valence electrons. The predicted molar refractivity (Wildman–Crippen MR) is 269 cm³/mol. The molecular weight excluding hydrogens is 1270 g/mol. The largest absolute Gasteiger partial charge is 1.00 e. The molecule has 0 aliphatic heterocycles. The van der Waals surface area contributed by atoms with Gasteiger partial charge in [-0.25, -0.2) is 35.2 Å². The van der Waals surface area contributed by atoms with Crippen LogP contribution < -0.4 is 117 Å². The summed E-state index contributed by atoms with van der Waals surface area (Å²) in [7, 11) is -3.75. The van der Waals surface area contributed by atoms with Crippen LogP contribution >= 0.6 is 54.5 Å². The summed E-state index contributed by atoms with van der Waals surface area (Å²) in [6, 6.07) is 33.1. The van der Waals surface area contributed by atoms with Crippen molar-refractivity contribution in [1.29, 1.82) is 0 Å². The number of benzene rings is 6. The Balaban J connectivity index is 0.000000429. The zero-order valence-electron chi connectivity index (χ0n) is 39.2. The summed E-state index contributed by atoms with van der Waals surface area (Å²) < 4.78 is 104. The third kappa shape index (κ3) is 15.1. The zero-order valence-corrected chi connectivity index (χ0v) is 51.4. The normalized spacial score (nSPS) is 10.6. The molecule has 0 fully saturated rings. The molecule has 0 radical (unpaired) electrons. The van der Waals surface area contributed by atoms with Crippen LogP contribution in [0.5, 0.6) is 0 Å². The second-order valence-corrected chi connectivity index (χ2v) is 19.0. The van der Waals surface area contributed by atoms with Crippen LogP contribution in [0.3, 0.4) is 0 Å². The quantitative estimate of drug-likeness (QED) is 0.0351. The molecule has 0 aliphatic rings. The van der Waals surface area contributed by atoms with Crippen molar-refractivity contribution in [2.24, 2.45) is 0 Å². The molecule has 24 heteroatoms. The number of sulfonamides is 2. The number of methoxy groups -OCH3 is 2. The standard InChI is InChI=1S/C23H17BrFNO5S.C22H15BrFNO5S.CH3I.CH2O3.2K.H/c1-26(32(28,29)16-6-4-3-5-7-16)19-13-20-17(12-18(19)24)21(23(27)30-2)22(31-20)14-8-10-15(25)11-9-14;1-29-22(26)20-16-11-17(23)18(25-31(27,28)15-5-3-2-4-6-15)12-19(16)30-21(20)13-7-9-14(24)10-8-13;1-2;2-1-4-3;;;/h3-13H,1-2H3;2-12,25H,1H3;1H3;1,3H;;;/q;;;;2*+1;-1/p-1. The summed E-state index contributed by atoms with van der Waals surface area (Å²) in [5.41, 5.74) is 2.35. The number of fused-ring (bicyclic) bond motifs is 2. The summed E-state index contributed by atoms with van der Waals surface area (Å²) in [5, 5.41) is 9.28. The Labute approximate surface area is 523 Å². The minimum Gasteiger partial charge on any atom is -1.00 e. The van der Waals surface area contributed by atoms with Crippen LogP contribution in [0, 0.1) is 11.6 Å². The van der Waals surface area contributed by atoms with E-state index in [0.717, 1.165) is 4.31 Å². The number of nitrogens with one attached hydrogen (secondary N) is 1. The van der Waals surface area contributed by atoms with Gasteiger partial charge in [0.1, 0.15) is 45.4 Å². The number of anilines is 2. The molecule has 0 spiro atoms. The number of esters is 2. The van der Waals surface area contributed by atoms with Gasteiger partial charge in [0.05, 0.1) is 35.4 Å². The van der Waals surface area contributed by atoms with Crippen molar-refractivity contribution in [3.63, 3.8) is 0 Å². The van der Waals surface area contributed by atoms with Crippen molar-refractivity contribution in [1.82, 2.24) is 0 Å². The van der Waals surface area contributed by atoms with Crippen LogP contribution in [0.4, 0.5) is 20.2 Å². The minimum atomic E-state index is -3.84. The van der Waals surface area contributed by atoms with Gasteiger partial charge in [-0.2, -0.15) is 0 Å². The van der Waals surface area contributed by atoms with Gasteiger partial charge in [-0.15, -0.1) is 0 Å². The molecule has 15 nitrogen and oxygen atoms in total. The van der Waals surface area contributed by atoms with Gasteiger partial charge in [-0.1, -0.05) is 59.0 Å². The Morgan fingerprint density at radius 2 is 1.07 bits per heavy atom. The summed E-state index contributed by atoms with van der Waals surface area (Å²) in [6.07, 6.45) is 0. The van der Waals surface area contributed by atoms with Crippen molar-refractivity contribution in [3.05, 3.63) is 165 Å². The first kappa shape index (κ1) is 62.4. The second kappa shape index (κ2) is 28.7. The third-order valence-electron chi connectivity index (χ3n) is 9.60. The molecule has 0 aliphatic carbocycles. The maximum absolute atomic E-state index is 13.4. The molecule has 0 bridgehead atoms. The Kier molecular flexibility index (Phi) is 25.2. The van der Waals surface area contributed by atoms with Gasteiger partial charge in [0.15, 0.2) is 0 Å². The number of halogens is 5. The SMILES string of the molecule is CI.COC(=O)c1c(-c2ccc(F)cc2)oc2cc(N(C)S(=O)(=O)c3ccccc3)c(Br)cc12.COC(=O)c1c(-c2ccc(F)cc2)oc2cc(NS(=O)(=O)c3ccccc3)c(Br)cc12.O=CO[O-].[H-].[K+].[K+]. The van der Waals surface area contributed by atoms with E-state index in [1.807, 2.05) is 4.93 Å². The molecule has 2 heterocycles. The molecule has 0 saturated carbocycles.